The molecule has 0 heterocycles. The van der Waals surface area contributed by atoms with Crippen LogP contribution in [0, 0.1) is 0 Å². The first-order valence-corrected chi connectivity index (χ1v) is 6.63. The monoisotopic (exact) mass is 373 g/mol. The van der Waals surface area contributed by atoms with E-state index in [0.29, 0.717) is 6.54 Å². The second kappa shape index (κ2) is 6.20. The zero-order chi connectivity index (χ0) is 13.1. The van der Waals surface area contributed by atoms with Crippen molar-refractivity contribution in [2.24, 2.45) is 0 Å². The summed E-state index contributed by atoms with van der Waals surface area (Å²) >= 11 is 5.98. The molecule has 1 rings (SSSR count). The second-order valence-electron chi connectivity index (χ2n) is 3.84. The molecule has 0 saturated carbocycles. The molecule has 0 N–H and O–H groups in total. The van der Waals surface area contributed by atoms with E-state index in [4.69, 9.17) is 0 Å². The lowest BCUT2D eigenvalue weighted by atomic mass is 10.2. The lowest BCUT2D eigenvalue weighted by Crippen LogP contribution is -2.35. The molecule has 0 aliphatic rings. The molecule has 1 nitrogen and oxygen atoms in total. The summed E-state index contributed by atoms with van der Waals surface area (Å²) in [5, 5.41) is 0. The van der Waals surface area contributed by atoms with E-state index >= 15 is 0 Å². The molecule has 6 heteroatoms. The highest BCUT2D eigenvalue weighted by atomic mass is 79.9. The third-order valence-electron chi connectivity index (χ3n) is 2.17. The highest BCUT2D eigenvalue weighted by Gasteiger charge is 2.38. The third-order valence-corrected chi connectivity index (χ3v) is 3.47. The summed E-state index contributed by atoms with van der Waals surface area (Å²) in [5.74, 6) is 0. The summed E-state index contributed by atoms with van der Waals surface area (Å²) in [6.07, 6.45) is -4.20. The highest BCUT2D eigenvalue weighted by Crippen LogP contribution is 2.27. The Bertz CT molecular complexity index is 368. The van der Waals surface area contributed by atoms with Gasteiger partial charge < -0.3 is 4.90 Å². The summed E-state index contributed by atoms with van der Waals surface area (Å²) in [6.45, 7) is 0.410. The normalized spacial score (nSPS) is 14.1. The Morgan fingerprint density at radius 3 is 2.53 bits per heavy atom. The van der Waals surface area contributed by atoms with Crippen molar-refractivity contribution in [1.29, 1.82) is 0 Å². The largest absolute Gasteiger partial charge is 0.402 e. The van der Waals surface area contributed by atoms with Gasteiger partial charge in [0.1, 0.15) is 4.83 Å². The number of halogens is 5. The molecule has 0 saturated heterocycles. The van der Waals surface area contributed by atoms with Gasteiger partial charge >= 0.3 is 6.18 Å². The molecule has 0 bridgehead atoms. The molecule has 0 fully saturated rings. The van der Waals surface area contributed by atoms with Crippen LogP contribution in [0.5, 0.6) is 0 Å². The molecule has 0 aliphatic heterocycles. The predicted octanol–water partition coefficient (Wildman–Crippen LogP) is 4.21. The first kappa shape index (κ1) is 15.0. The molecular formula is C11H12Br2F3N. The Morgan fingerprint density at radius 2 is 2.00 bits per heavy atom. The van der Waals surface area contributed by atoms with E-state index in [2.05, 4.69) is 31.9 Å². The Morgan fingerprint density at radius 1 is 1.35 bits per heavy atom. The summed E-state index contributed by atoms with van der Waals surface area (Å²) in [4.78, 5) is 0.140. The van der Waals surface area contributed by atoms with Crippen LogP contribution in [0.3, 0.4) is 0 Å². The average molecular weight is 375 g/mol. The highest BCUT2D eigenvalue weighted by molar-refractivity contribution is 9.10. The van der Waals surface area contributed by atoms with E-state index in [0.717, 1.165) is 10.0 Å². The van der Waals surface area contributed by atoms with Crippen LogP contribution < -0.4 is 0 Å². The van der Waals surface area contributed by atoms with Gasteiger partial charge in [0.2, 0.25) is 0 Å². The summed E-state index contributed by atoms with van der Waals surface area (Å²) in [6, 6.07) is 7.53. The molecule has 0 spiro atoms. The Labute approximate surface area is 115 Å². The van der Waals surface area contributed by atoms with E-state index in [9.17, 15) is 13.2 Å². The van der Waals surface area contributed by atoms with Crippen molar-refractivity contribution in [1.82, 2.24) is 4.90 Å². The van der Waals surface area contributed by atoms with Gasteiger partial charge in [-0.3, -0.25) is 0 Å². The predicted molar refractivity (Wildman–Crippen MR) is 69.2 cm³/mol. The quantitative estimate of drug-likeness (QED) is 0.713. The molecular weight excluding hydrogens is 363 g/mol. The van der Waals surface area contributed by atoms with Gasteiger partial charge in [-0.25, -0.2) is 0 Å². The van der Waals surface area contributed by atoms with E-state index in [1.807, 2.05) is 24.3 Å². The molecule has 0 aromatic heterocycles. The molecule has 1 aromatic rings. The molecule has 96 valence electrons. The minimum absolute atomic E-state index is 0.0734. The minimum Gasteiger partial charge on any atom is -0.301 e. The molecule has 1 aromatic carbocycles. The fraction of sp³-hybridized carbons (Fsp3) is 0.455. The number of nitrogens with zero attached hydrogens (tertiary/aromatic N) is 1. The maximum absolute atomic E-state index is 12.3. The zero-order valence-corrected chi connectivity index (χ0v) is 12.3. The summed E-state index contributed by atoms with van der Waals surface area (Å²) < 4.78 is 37.9. The van der Waals surface area contributed by atoms with Crippen molar-refractivity contribution >= 4 is 31.9 Å². The van der Waals surface area contributed by atoms with Crippen LogP contribution in [0.4, 0.5) is 13.2 Å². The van der Waals surface area contributed by atoms with Gasteiger partial charge in [0.05, 0.1) is 0 Å². The number of benzene rings is 1. The van der Waals surface area contributed by atoms with E-state index < -0.39 is 11.0 Å². The van der Waals surface area contributed by atoms with Gasteiger partial charge in [0.15, 0.2) is 0 Å². The van der Waals surface area contributed by atoms with Crippen LogP contribution in [0.25, 0.3) is 0 Å². The van der Waals surface area contributed by atoms with Gasteiger partial charge in [-0.05, 0) is 24.7 Å². The molecule has 1 unspecified atom stereocenters. The second-order valence-corrected chi connectivity index (χ2v) is 5.86. The Kier molecular flexibility index (Phi) is 5.47. The Balaban J connectivity index is 2.53. The van der Waals surface area contributed by atoms with Crippen molar-refractivity contribution in [2.45, 2.75) is 17.5 Å². The first-order valence-electron chi connectivity index (χ1n) is 4.93. The molecule has 0 amide bonds. The minimum atomic E-state index is -4.20. The maximum atomic E-state index is 12.3. The fourth-order valence-corrected chi connectivity index (χ4v) is 2.33. The van der Waals surface area contributed by atoms with E-state index in [-0.39, 0.29) is 6.54 Å². The SMILES string of the molecule is CN(Cc1cccc(Br)c1)CC(Br)C(F)(F)F. The van der Waals surface area contributed by atoms with Crippen LogP contribution >= 0.6 is 31.9 Å². The van der Waals surface area contributed by atoms with Crippen LogP contribution in [0.1, 0.15) is 5.56 Å². The maximum Gasteiger partial charge on any atom is 0.402 e. The van der Waals surface area contributed by atoms with Crippen LogP contribution in [-0.2, 0) is 6.54 Å². The summed E-state index contributed by atoms with van der Waals surface area (Å²) in [5.41, 5.74) is 0.976. The van der Waals surface area contributed by atoms with Crippen molar-refractivity contribution in [2.75, 3.05) is 13.6 Å². The van der Waals surface area contributed by atoms with Crippen molar-refractivity contribution in [3.05, 3.63) is 34.3 Å². The lowest BCUT2D eigenvalue weighted by molar-refractivity contribution is -0.130. The lowest BCUT2D eigenvalue weighted by Gasteiger charge is -2.22. The zero-order valence-electron chi connectivity index (χ0n) is 9.14. The van der Waals surface area contributed by atoms with E-state index in [1.165, 1.54) is 0 Å². The van der Waals surface area contributed by atoms with Crippen LogP contribution in [-0.4, -0.2) is 29.5 Å². The van der Waals surface area contributed by atoms with Crippen molar-refractivity contribution in [3.8, 4) is 0 Å². The van der Waals surface area contributed by atoms with Gasteiger partial charge in [0.25, 0.3) is 0 Å². The standard InChI is InChI=1S/C11H12Br2F3N/c1-17(7-10(13)11(14,15)16)6-8-3-2-4-9(12)5-8/h2-5,10H,6-7H2,1H3. The topological polar surface area (TPSA) is 3.24 Å². The van der Waals surface area contributed by atoms with Crippen molar-refractivity contribution in [3.63, 3.8) is 0 Å². The van der Waals surface area contributed by atoms with Crippen molar-refractivity contribution < 1.29 is 13.2 Å². The van der Waals surface area contributed by atoms with Gasteiger partial charge in [-0.15, -0.1) is 0 Å². The fourth-order valence-electron chi connectivity index (χ4n) is 1.39. The molecule has 0 radical (unpaired) electrons. The molecule has 17 heavy (non-hydrogen) atoms. The van der Waals surface area contributed by atoms with Crippen LogP contribution in [0.2, 0.25) is 0 Å². The van der Waals surface area contributed by atoms with Gasteiger partial charge in [-0.1, -0.05) is 44.0 Å². The summed E-state index contributed by atoms with van der Waals surface area (Å²) in [7, 11) is 1.67. The van der Waals surface area contributed by atoms with Gasteiger partial charge in [0, 0.05) is 17.6 Å². The number of hydrogen-bond donors (Lipinski definition) is 0. The smallest absolute Gasteiger partial charge is 0.301 e. The number of alkyl halides is 4. The number of hydrogen-bond acceptors (Lipinski definition) is 1. The average Bonchev–Trinajstić information content (AvgIpc) is 2.15. The molecule has 0 aliphatic carbocycles. The Hall–Kier alpha value is -0.0700. The third kappa shape index (κ3) is 5.40. The van der Waals surface area contributed by atoms with Gasteiger partial charge in [-0.2, -0.15) is 13.2 Å². The molecule has 1 atom stereocenters. The first-order chi connectivity index (χ1) is 7.79. The van der Waals surface area contributed by atoms with E-state index in [1.54, 1.807) is 11.9 Å². The van der Waals surface area contributed by atoms with Crippen LogP contribution in [0.15, 0.2) is 28.7 Å². The number of rotatable bonds is 4.